The van der Waals surface area contributed by atoms with Gasteiger partial charge in [-0.25, -0.2) is 0 Å². The number of hydrogen-bond acceptors (Lipinski definition) is 2. The van der Waals surface area contributed by atoms with E-state index in [2.05, 4.69) is 10.2 Å². The molecular weight excluding hydrogens is 192 g/mol. The van der Waals surface area contributed by atoms with Crippen LogP contribution in [0.1, 0.15) is 19.0 Å². The van der Waals surface area contributed by atoms with Crippen molar-refractivity contribution in [2.24, 2.45) is 0 Å². The molecule has 1 rings (SSSR count). The number of halogens is 2. The zero-order chi connectivity index (χ0) is 10.6. The van der Waals surface area contributed by atoms with Crippen LogP contribution in [0.5, 0.6) is 0 Å². The molecule has 1 heterocycles. The van der Waals surface area contributed by atoms with Crippen molar-refractivity contribution in [1.29, 1.82) is 0 Å². The summed E-state index contributed by atoms with van der Waals surface area (Å²) in [6, 6.07) is 1.55. The van der Waals surface area contributed by atoms with Gasteiger partial charge in [0.05, 0.1) is 0 Å². The lowest BCUT2D eigenvalue weighted by molar-refractivity contribution is -0.126. The van der Waals surface area contributed by atoms with Crippen molar-refractivity contribution in [1.82, 2.24) is 10.2 Å². The summed E-state index contributed by atoms with van der Waals surface area (Å²) in [5, 5.41) is 8.30. The fourth-order valence-corrected chi connectivity index (χ4v) is 1.00. The maximum Gasteiger partial charge on any atom is 0.315 e. The number of alkyl halides is 2. The molecule has 0 saturated heterocycles. The van der Waals surface area contributed by atoms with Crippen molar-refractivity contribution in [3.8, 4) is 0 Å². The van der Waals surface area contributed by atoms with Crippen LogP contribution < -0.4 is 5.32 Å². The molecule has 6 heteroatoms. The number of hydrogen-bond donors (Lipinski definition) is 2. The first kappa shape index (κ1) is 10.6. The Kier molecular flexibility index (Phi) is 3.55. The molecular formula is C8H11F2N3O. The third-order valence-corrected chi connectivity index (χ3v) is 1.60. The van der Waals surface area contributed by atoms with Crippen LogP contribution in [0.15, 0.2) is 6.07 Å². The highest BCUT2D eigenvalue weighted by Gasteiger charge is 2.16. The number of amides is 1. The van der Waals surface area contributed by atoms with Crippen LogP contribution >= 0.6 is 0 Å². The summed E-state index contributed by atoms with van der Waals surface area (Å²) >= 11 is 0. The second-order valence-electron chi connectivity index (χ2n) is 2.82. The fourth-order valence-electron chi connectivity index (χ4n) is 1.00. The zero-order valence-electron chi connectivity index (χ0n) is 7.68. The molecule has 1 amide bonds. The van der Waals surface area contributed by atoms with Gasteiger partial charge < -0.3 is 5.32 Å². The number of aromatic nitrogens is 2. The van der Waals surface area contributed by atoms with Crippen LogP contribution in [0, 0.1) is 0 Å². The quantitative estimate of drug-likeness (QED) is 0.780. The summed E-state index contributed by atoms with van der Waals surface area (Å²) in [7, 11) is 0. The number of carbonyl (C=O) groups excluding carboxylic acids is 1. The fraction of sp³-hybridized carbons (Fsp3) is 0.500. The van der Waals surface area contributed by atoms with Crippen LogP contribution in [0.4, 0.5) is 14.6 Å². The molecule has 2 N–H and O–H groups in total. The molecule has 0 fully saturated rings. The van der Waals surface area contributed by atoms with Gasteiger partial charge in [0, 0.05) is 11.8 Å². The zero-order valence-corrected chi connectivity index (χ0v) is 7.68. The van der Waals surface area contributed by atoms with Crippen molar-refractivity contribution in [3.05, 3.63) is 11.8 Å². The molecule has 0 unspecified atom stereocenters. The summed E-state index contributed by atoms with van der Waals surface area (Å²) in [6.45, 7) is 1.98. The van der Waals surface area contributed by atoms with Crippen molar-refractivity contribution >= 4 is 11.7 Å². The van der Waals surface area contributed by atoms with E-state index in [1.807, 2.05) is 12.2 Å². The molecule has 0 atom stereocenters. The maximum atomic E-state index is 11.8. The molecule has 0 radical (unpaired) electrons. The van der Waals surface area contributed by atoms with E-state index in [9.17, 15) is 13.6 Å². The average Bonchev–Trinajstić information content (AvgIpc) is 2.53. The second kappa shape index (κ2) is 4.69. The Morgan fingerprint density at radius 2 is 2.43 bits per heavy atom. The van der Waals surface area contributed by atoms with E-state index in [1.165, 1.54) is 0 Å². The first-order valence-electron chi connectivity index (χ1n) is 4.26. The van der Waals surface area contributed by atoms with Gasteiger partial charge in [-0.05, 0) is 6.42 Å². The van der Waals surface area contributed by atoms with Gasteiger partial charge in [0.25, 0.3) is 5.91 Å². The lowest BCUT2D eigenvalue weighted by Gasteiger charge is -1.97. The molecule has 0 spiro atoms. The highest BCUT2D eigenvalue weighted by Crippen LogP contribution is 2.08. The maximum absolute atomic E-state index is 11.8. The molecule has 78 valence electrons. The Bertz CT molecular complexity index is 311. The van der Waals surface area contributed by atoms with Gasteiger partial charge in [0.1, 0.15) is 0 Å². The average molecular weight is 203 g/mol. The van der Waals surface area contributed by atoms with Gasteiger partial charge in [0.15, 0.2) is 5.82 Å². The number of anilines is 1. The molecule has 0 bridgehead atoms. The smallest absolute Gasteiger partial charge is 0.304 e. The number of aryl methyl sites for hydroxylation is 1. The summed E-state index contributed by atoms with van der Waals surface area (Å²) in [4.78, 5) is 10.6. The van der Waals surface area contributed by atoms with E-state index in [1.54, 1.807) is 6.07 Å². The monoisotopic (exact) mass is 203 g/mol. The van der Waals surface area contributed by atoms with Crippen LogP contribution in [0.25, 0.3) is 0 Å². The normalized spacial score (nSPS) is 10.6. The van der Waals surface area contributed by atoms with E-state index >= 15 is 0 Å². The Hall–Kier alpha value is -1.46. The topological polar surface area (TPSA) is 57.8 Å². The SMILES string of the molecule is CCCc1cc(NC(=O)C(F)F)n[nH]1. The summed E-state index contributed by atoms with van der Waals surface area (Å²) in [6.07, 6.45) is -1.32. The molecule has 0 aliphatic heterocycles. The number of H-pyrrole nitrogens is 1. The number of carbonyl (C=O) groups is 1. The van der Waals surface area contributed by atoms with Crippen LogP contribution in [0.3, 0.4) is 0 Å². The van der Waals surface area contributed by atoms with Crippen molar-refractivity contribution in [2.45, 2.75) is 26.2 Å². The number of rotatable bonds is 4. The molecule has 0 aliphatic rings. The van der Waals surface area contributed by atoms with Crippen molar-refractivity contribution in [2.75, 3.05) is 5.32 Å². The van der Waals surface area contributed by atoms with Crippen molar-refractivity contribution in [3.63, 3.8) is 0 Å². The van der Waals surface area contributed by atoms with E-state index in [-0.39, 0.29) is 5.82 Å². The van der Waals surface area contributed by atoms with Crippen LogP contribution in [-0.4, -0.2) is 22.5 Å². The highest BCUT2D eigenvalue weighted by molar-refractivity contribution is 5.92. The minimum absolute atomic E-state index is 0.138. The van der Waals surface area contributed by atoms with Gasteiger partial charge >= 0.3 is 6.43 Å². The second-order valence-corrected chi connectivity index (χ2v) is 2.82. The first-order valence-corrected chi connectivity index (χ1v) is 4.26. The number of nitrogens with zero attached hydrogens (tertiary/aromatic N) is 1. The molecule has 1 aromatic rings. The minimum Gasteiger partial charge on any atom is -0.304 e. The predicted molar refractivity (Wildman–Crippen MR) is 47.2 cm³/mol. The third kappa shape index (κ3) is 2.79. The summed E-state index contributed by atoms with van der Waals surface area (Å²) < 4.78 is 23.6. The van der Waals surface area contributed by atoms with E-state index < -0.39 is 12.3 Å². The highest BCUT2D eigenvalue weighted by atomic mass is 19.3. The molecule has 0 saturated carbocycles. The van der Waals surface area contributed by atoms with E-state index in [4.69, 9.17) is 0 Å². The molecule has 0 aliphatic carbocycles. The summed E-state index contributed by atoms with van der Waals surface area (Å²) in [5.74, 6) is -1.20. The van der Waals surface area contributed by atoms with Gasteiger partial charge in [-0.1, -0.05) is 13.3 Å². The first-order chi connectivity index (χ1) is 6.63. The Morgan fingerprint density at radius 3 is 3.00 bits per heavy atom. The predicted octanol–water partition coefficient (Wildman–Crippen LogP) is 1.57. The molecule has 0 aromatic carbocycles. The van der Waals surface area contributed by atoms with Gasteiger partial charge in [-0.3, -0.25) is 9.89 Å². The molecule has 1 aromatic heterocycles. The van der Waals surface area contributed by atoms with E-state index in [0.29, 0.717) is 0 Å². The van der Waals surface area contributed by atoms with Gasteiger partial charge in [0.2, 0.25) is 0 Å². The standard InChI is InChI=1S/C8H11F2N3O/c1-2-3-5-4-6(13-12-5)11-8(14)7(9)10/h4,7H,2-3H2,1H3,(H2,11,12,13,14). The lowest BCUT2D eigenvalue weighted by atomic mass is 10.2. The Morgan fingerprint density at radius 1 is 1.71 bits per heavy atom. The minimum atomic E-state index is -3.01. The largest absolute Gasteiger partial charge is 0.315 e. The lowest BCUT2D eigenvalue weighted by Crippen LogP contribution is -2.20. The molecule has 14 heavy (non-hydrogen) atoms. The summed E-state index contributed by atoms with van der Waals surface area (Å²) in [5.41, 5.74) is 0.817. The number of aromatic amines is 1. The van der Waals surface area contributed by atoms with E-state index in [0.717, 1.165) is 18.5 Å². The third-order valence-electron chi connectivity index (χ3n) is 1.60. The molecule has 4 nitrogen and oxygen atoms in total. The Labute approximate surface area is 79.7 Å². The van der Waals surface area contributed by atoms with Crippen LogP contribution in [0.2, 0.25) is 0 Å². The number of nitrogens with one attached hydrogen (secondary N) is 2. The Balaban J connectivity index is 2.55. The van der Waals surface area contributed by atoms with Crippen molar-refractivity contribution < 1.29 is 13.6 Å². The van der Waals surface area contributed by atoms with Crippen LogP contribution in [-0.2, 0) is 11.2 Å². The van der Waals surface area contributed by atoms with Gasteiger partial charge in [-0.2, -0.15) is 13.9 Å². The van der Waals surface area contributed by atoms with Gasteiger partial charge in [-0.15, -0.1) is 0 Å².